The number of carbonyl (C=O) groups excluding carboxylic acids is 1. The molecule has 0 bridgehead atoms. The highest BCUT2D eigenvalue weighted by atomic mass is 35.5. The summed E-state index contributed by atoms with van der Waals surface area (Å²) in [7, 11) is 0. The summed E-state index contributed by atoms with van der Waals surface area (Å²) >= 11 is 7.08. The van der Waals surface area contributed by atoms with E-state index in [-0.39, 0.29) is 0 Å². The van der Waals surface area contributed by atoms with Gasteiger partial charge in [-0.1, -0.05) is 78.9 Å². The van der Waals surface area contributed by atoms with Crippen LogP contribution >= 0.6 is 11.6 Å². The van der Waals surface area contributed by atoms with Crippen molar-refractivity contribution in [2.75, 3.05) is 11.6 Å². The van der Waals surface area contributed by atoms with Crippen LogP contribution in [0.25, 0.3) is 0 Å². The van der Waals surface area contributed by atoms with Crippen LogP contribution in [-0.4, -0.2) is 28.0 Å². The molecule has 0 radical (unpaired) electrons. The molecule has 0 fully saturated rings. The SMILES string of the molecule is O=C1N(c2ccccc2)N=C(c2ccccc2)C1(Cl)C(C[N+](=O)[O-])c1ccccc1. The molecule has 30 heavy (non-hydrogen) atoms. The second kappa shape index (κ2) is 8.08. The molecule has 0 aromatic heterocycles. The number of hydrazone groups is 1. The van der Waals surface area contributed by atoms with Crippen LogP contribution in [-0.2, 0) is 4.79 Å². The molecular weight excluding hydrogens is 402 g/mol. The van der Waals surface area contributed by atoms with Gasteiger partial charge in [-0.2, -0.15) is 10.1 Å². The van der Waals surface area contributed by atoms with Crippen LogP contribution in [0.3, 0.4) is 0 Å². The third-order valence-corrected chi connectivity index (χ3v) is 5.71. The lowest BCUT2D eigenvalue weighted by Gasteiger charge is -2.29. The lowest BCUT2D eigenvalue weighted by Crippen LogP contribution is -2.49. The summed E-state index contributed by atoms with van der Waals surface area (Å²) in [5, 5.41) is 17.4. The lowest BCUT2D eigenvalue weighted by molar-refractivity contribution is -0.483. The lowest BCUT2D eigenvalue weighted by atomic mass is 9.79. The van der Waals surface area contributed by atoms with Crippen LogP contribution in [0.2, 0.25) is 0 Å². The molecule has 1 aliphatic rings. The molecule has 0 saturated heterocycles. The van der Waals surface area contributed by atoms with Crippen molar-refractivity contribution in [3.05, 3.63) is 112 Å². The highest BCUT2D eigenvalue weighted by molar-refractivity contribution is 6.53. The van der Waals surface area contributed by atoms with Gasteiger partial charge in [-0.05, 0) is 17.7 Å². The number of alkyl halides is 1. The first-order valence-electron chi connectivity index (χ1n) is 9.41. The Morgan fingerprint density at radius 3 is 2.03 bits per heavy atom. The molecule has 1 aliphatic heterocycles. The number of amides is 1. The Bertz CT molecular complexity index is 1090. The molecule has 0 aliphatic carbocycles. The minimum Gasteiger partial charge on any atom is -0.270 e. The molecule has 0 saturated carbocycles. The number of rotatable bonds is 6. The number of halogens is 1. The topological polar surface area (TPSA) is 75.8 Å². The third kappa shape index (κ3) is 3.46. The maximum absolute atomic E-state index is 13.7. The van der Waals surface area contributed by atoms with E-state index in [2.05, 4.69) is 5.10 Å². The van der Waals surface area contributed by atoms with Crippen molar-refractivity contribution in [2.45, 2.75) is 10.8 Å². The minimum absolute atomic E-state index is 0.300. The van der Waals surface area contributed by atoms with E-state index in [1.807, 2.05) is 30.3 Å². The normalized spacial score (nSPS) is 19.4. The molecule has 3 aromatic carbocycles. The Balaban J connectivity index is 1.90. The monoisotopic (exact) mass is 419 g/mol. The number of hydrogen-bond acceptors (Lipinski definition) is 4. The van der Waals surface area contributed by atoms with E-state index in [4.69, 9.17) is 11.6 Å². The highest BCUT2D eigenvalue weighted by Gasteiger charge is 2.58. The molecule has 1 heterocycles. The molecule has 2 atom stereocenters. The maximum Gasteiger partial charge on any atom is 0.275 e. The van der Waals surface area contributed by atoms with Gasteiger partial charge in [0.1, 0.15) is 5.71 Å². The van der Waals surface area contributed by atoms with E-state index in [0.29, 0.717) is 22.5 Å². The van der Waals surface area contributed by atoms with Crippen molar-refractivity contribution in [1.82, 2.24) is 0 Å². The van der Waals surface area contributed by atoms with Gasteiger partial charge < -0.3 is 0 Å². The second-order valence-electron chi connectivity index (χ2n) is 6.96. The molecule has 1 amide bonds. The van der Waals surface area contributed by atoms with Crippen molar-refractivity contribution >= 4 is 28.9 Å². The average Bonchev–Trinajstić information content (AvgIpc) is 3.05. The van der Waals surface area contributed by atoms with Gasteiger partial charge in [0.2, 0.25) is 6.54 Å². The number of carbonyl (C=O) groups is 1. The Labute approximate surface area is 178 Å². The summed E-state index contributed by atoms with van der Waals surface area (Å²) in [6.07, 6.45) is 0. The quantitative estimate of drug-likeness (QED) is 0.336. The number of anilines is 1. The smallest absolute Gasteiger partial charge is 0.270 e. The van der Waals surface area contributed by atoms with Gasteiger partial charge in [0.05, 0.1) is 11.6 Å². The van der Waals surface area contributed by atoms with Crippen molar-refractivity contribution in [3.8, 4) is 0 Å². The number of para-hydroxylation sites is 1. The van der Waals surface area contributed by atoms with Gasteiger partial charge in [0, 0.05) is 10.5 Å². The summed E-state index contributed by atoms with van der Waals surface area (Å²) in [5.74, 6) is -1.42. The van der Waals surface area contributed by atoms with E-state index in [0.717, 1.165) is 0 Å². The zero-order valence-electron chi connectivity index (χ0n) is 15.9. The van der Waals surface area contributed by atoms with Crippen LogP contribution in [0, 0.1) is 10.1 Å². The van der Waals surface area contributed by atoms with Gasteiger partial charge in [-0.25, -0.2) is 0 Å². The zero-order chi connectivity index (χ0) is 21.1. The van der Waals surface area contributed by atoms with Crippen LogP contribution in [0.1, 0.15) is 17.0 Å². The first kappa shape index (κ1) is 19.8. The second-order valence-corrected chi connectivity index (χ2v) is 7.55. The summed E-state index contributed by atoms with van der Waals surface area (Å²) < 4.78 is 0. The van der Waals surface area contributed by atoms with Gasteiger partial charge in [-0.15, -0.1) is 11.6 Å². The number of nitro groups is 1. The van der Waals surface area contributed by atoms with Gasteiger partial charge in [-0.3, -0.25) is 14.9 Å². The first-order chi connectivity index (χ1) is 14.5. The number of benzene rings is 3. The Morgan fingerprint density at radius 1 is 0.933 bits per heavy atom. The largest absolute Gasteiger partial charge is 0.275 e. The summed E-state index contributed by atoms with van der Waals surface area (Å²) in [5.41, 5.74) is 2.10. The van der Waals surface area contributed by atoms with Gasteiger partial charge in [0.25, 0.3) is 5.91 Å². The zero-order valence-corrected chi connectivity index (χ0v) is 16.6. The average molecular weight is 420 g/mol. The first-order valence-corrected chi connectivity index (χ1v) is 9.79. The van der Waals surface area contributed by atoms with E-state index < -0.39 is 28.2 Å². The van der Waals surface area contributed by atoms with Crippen molar-refractivity contribution in [2.24, 2.45) is 5.10 Å². The van der Waals surface area contributed by atoms with Crippen molar-refractivity contribution in [3.63, 3.8) is 0 Å². The molecule has 3 aromatic rings. The third-order valence-electron chi connectivity index (χ3n) is 5.11. The van der Waals surface area contributed by atoms with E-state index in [1.165, 1.54) is 5.01 Å². The van der Waals surface area contributed by atoms with Crippen LogP contribution in [0.5, 0.6) is 0 Å². The van der Waals surface area contributed by atoms with Gasteiger partial charge >= 0.3 is 0 Å². The van der Waals surface area contributed by atoms with Crippen molar-refractivity contribution < 1.29 is 9.72 Å². The molecule has 7 heteroatoms. The molecule has 150 valence electrons. The Hall–Kier alpha value is -3.51. The molecular formula is C23H18ClN3O3. The maximum atomic E-state index is 13.7. The minimum atomic E-state index is -1.73. The standard InChI is InChI=1S/C23H18ClN3O3/c24-23(20(16-26(29)30)17-10-4-1-5-11-17)21(18-12-6-2-7-13-18)25-27(22(23)28)19-14-8-3-9-15-19/h1-15,20H,16H2. The van der Waals surface area contributed by atoms with E-state index >= 15 is 0 Å². The fourth-order valence-electron chi connectivity index (χ4n) is 3.69. The Kier molecular flexibility index (Phi) is 5.33. The molecule has 6 nitrogen and oxygen atoms in total. The van der Waals surface area contributed by atoms with Crippen LogP contribution in [0.15, 0.2) is 96.1 Å². The van der Waals surface area contributed by atoms with E-state index in [9.17, 15) is 14.9 Å². The number of hydrogen-bond donors (Lipinski definition) is 0. The van der Waals surface area contributed by atoms with Gasteiger partial charge in [0.15, 0.2) is 4.87 Å². The molecule has 0 N–H and O–H groups in total. The summed E-state index contributed by atoms with van der Waals surface area (Å²) in [4.78, 5) is 23.1. The van der Waals surface area contributed by atoms with Crippen molar-refractivity contribution in [1.29, 1.82) is 0 Å². The fourth-order valence-corrected chi connectivity index (χ4v) is 4.11. The van der Waals surface area contributed by atoms with Crippen LogP contribution in [0.4, 0.5) is 5.69 Å². The summed E-state index contributed by atoms with van der Waals surface area (Å²) in [6.45, 7) is -0.506. The summed E-state index contributed by atoms with van der Waals surface area (Å²) in [6, 6.07) is 26.8. The highest BCUT2D eigenvalue weighted by Crippen LogP contribution is 2.44. The van der Waals surface area contributed by atoms with E-state index in [1.54, 1.807) is 60.7 Å². The van der Waals surface area contributed by atoms with Crippen LogP contribution < -0.4 is 5.01 Å². The molecule has 0 spiro atoms. The molecule has 4 rings (SSSR count). The molecule has 2 unspecified atom stereocenters. The fraction of sp³-hybridized carbons (Fsp3) is 0.130. The Morgan fingerprint density at radius 2 is 1.47 bits per heavy atom. The predicted molar refractivity (Wildman–Crippen MR) is 117 cm³/mol. The predicted octanol–water partition coefficient (Wildman–Crippen LogP) is 4.48. The number of nitrogens with zero attached hydrogens (tertiary/aromatic N) is 3.